The Morgan fingerprint density at radius 1 is 1.16 bits per heavy atom. The van der Waals surface area contributed by atoms with E-state index in [1.807, 2.05) is 36.5 Å². The first-order chi connectivity index (χ1) is 12.2. The van der Waals surface area contributed by atoms with E-state index in [9.17, 15) is 4.79 Å². The molecular weight excluding hydrogens is 320 g/mol. The third-order valence-electron chi connectivity index (χ3n) is 3.69. The van der Waals surface area contributed by atoms with Gasteiger partial charge in [0, 0.05) is 17.3 Å². The zero-order valence-electron chi connectivity index (χ0n) is 13.3. The van der Waals surface area contributed by atoms with Crippen molar-refractivity contribution < 1.29 is 13.9 Å². The quantitative estimate of drug-likeness (QED) is 0.619. The van der Waals surface area contributed by atoms with Crippen molar-refractivity contribution in [3.63, 3.8) is 0 Å². The molecule has 0 aliphatic rings. The lowest BCUT2D eigenvalue weighted by Crippen LogP contribution is -2.10. The van der Waals surface area contributed by atoms with Crippen molar-refractivity contribution in [2.75, 3.05) is 12.4 Å². The van der Waals surface area contributed by atoms with E-state index in [1.54, 1.807) is 29.8 Å². The van der Waals surface area contributed by atoms with Gasteiger partial charge in [-0.3, -0.25) is 4.79 Å². The molecule has 0 saturated heterocycles. The topological polar surface area (TPSA) is 81.7 Å². The van der Waals surface area contributed by atoms with Crippen molar-refractivity contribution in [2.24, 2.45) is 0 Å². The van der Waals surface area contributed by atoms with Gasteiger partial charge in [-0.1, -0.05) is 12.1 Å². The van der Waals surface area contributed by atoms with E-state index in [2.05, 4.69) is 15.4 Å². The summed E-state index contributed by atoms with van der Waals surface area (Å²) in [4.78, 5) is 16.5. The molecule has 0 unspecified atom stereocenters. The monoisotopic (exact) mass is 334 g/mol. The lowest BCUT2D eigenvalue weighted by atomic mass is 10.1. The van der Waals surface area contributed by atoms with Crippen LogP contribution in [0.4, 0.5) is 5.69 Å². The smallest absolute Gasteiger partial charge is 0.291 e. The Balaban J connectivity index is 1.56. The minimum atomic E-state index is -0.290. The number of carbonyl (C=O) groups excluding carboxylic acids is 1. The lowest BCUT2D eigenvalue weighted by molar-refractivity contribution is 0.0996. The van der Waals surface area contributed by atoms with Gasteiger partial charge in [0.1, 0.15) is 0 Å². The number of nitrogens with one attached hydrogen (secondary N) is 1. The summed E-state index contributed by atoms with van der Waals surface area (Å²) in [5.41, 5.74) is 3.10. The second-order valence-electron chi connectivity index (χ2n) is 5.31. The Kier molecular flexibility index (Phi) is 3.66. The van der Waals surface area contributed by atoms with Crippen LogP contribution in [-0.2, 0) is 0 Å². The number of hydrogen-bond donors (Lipinski definition) is 1. The van der Waals surface area contributed by atoms with Crippen LogP contribution in [-0.4, -0.2) is 27.6 Å². The third-order valence-corrected chi connectivity index (χ3v) is 3.69. The summed E-state index contributed by atoms with van der Waals surface area (Å²) >= 11 is 0. The summed E-state index contributed by atoms with van der Waals surface area (Å²) in [7, 11) is 1.57. The van der Waals surface area contributed by atoms with Gasteiger partial charge in [-0.15, -0.1) is 5.10 Å². The van der Waals surface area contributed by atoms with Crippen LogP contribution in [0.25, 0.3) is 16.9 Å². The van der Waals surface area contributed by atoms with Gasteiger partial charge in [-0.25, -0.2) is 9.50 Å². The van der Waals surface area contributed by atoms with E-state index in [0.717, 1.165) is 16.9 Å². The Hall–Kier alpha value is -3.61. The van der Waals surface area contributed by atoms with Gasteiger partial charge < -0.3 is 14.5 Å². The maximum Gasteiger partial charge on any atom is 0.291 e. The summed E-state index contributed by atoms with van der Waals surface area (Å²) in [6.07, 6.45) is 3.29. The molecule has 0 fully saturated rings. The van der Waals surface area contributed by atoms with E-state index in [-0.39, 0.29) is 11.7 Å². The minimum absolute atomic E-state index is 0.268. The molecule has 4 rings (SSSR count). The molecular formula is C18H14N4O3. The third kappa shape index (κ3) is 2.94. The number of carbonyl (C=O) groups is 1. The fourth-order valence-corrected chi connectivity index (χ4v) is 2.44. The number of benzene rings is 1. The normalized spacial score (nSPS) is 10.8. The molecule has 7 heteroatoms. The van der Waals surface area contributed by atoms with Crippen LogP contribution in [0.5, 0.6) is 5.88 Å². The summed E-state index contributed by atoms with van der Waals surface area (Å²) < 4.78 is 11.9. The molecule has 124 valence electrons. The molecule has 7 nitrogen and oxygen atoms in total. The van der Waals surface area contributed by atoms with Crippen molar-refractivity contribution in [1.29, 1.82) is 0 Å². The van der Waals surface area contributed by atoms with Crippen LogP contribution >= 0.6 is 0 Å². The molecule has 25 heavy (non-hydrogen) atoms. The average molecular weight is 334 g/mol. The second kappa shape index (κ2) is 6.12. The van der Waals surface area contributed by atoms with Crippen molar-refractivity contribution >= 4 is 17.2 Å². The van der Waals surface area contributed by atoms with Gasteiger partial charge in [0.15, 0.2) is 11.4 Å². The number of anilines is 1. The van der Waals surface area contributed by atoms with E-state index in [4.69, 9.17) is 9.15 Å². The number of furan rings is 1. The number of amides is 1. The zero-order chi connectivity index (χ0) is 17.2. The van der Waals surface area contributed by atoms with Gasteiger partial charge in [-0.05, 0) is 30.3 Å². The Labute approximate surface area is 142 Å². The van der Waals surface area contributed by atoms with Crippen molar-refractivity contribution in [2.45, 2.75) is 0 Å². The first-order valence-electron chi connectivity index (χ1n) is 7.59. The number of rotatable bonds is 4. The average Bonchev–Trinajstić information content (AvgIpc) is 3.31. The van der Waals surface area contributed by atoms with Crippen LogP contribution in [0, 0.1) is 0 Å². The number of ether oxygens (including phenoxy) is 1. The number of hydrogen-bond acceptors (Lipinski definition) is 5. The summed E-state index contributed by atoms with van der Waals surface area (Å²) in [5.74, 6) is 0.499. The van der Waals surface area contributed by atoms with Gasteiger partial charge in [0.25, 0.3) is 5.91 Å². The molecule has 4 aromatic rings. The fraction of sp³-hybridized carbons (Fsp3) is 0.0556. The standard InChI is InChI=1S/C18H14N4O3/c1-24-17-9-8-16-20-14(11-22(16)21-17)12-4-6-13(7-5-12)19-18(23)15-3-2-10-25-15/h2-11H,1H3,(H,19,23). The number of aromatic nitrogens is 3. The first-order valence-corrected chi connectivity index (χ1v) is 7.59. The number of imidazole rings is 1. The van der Waals surface area contributed by atoms with E-state index in [0.29, 0.717) is 11.6 Å². The van der Waals surface area contributed by atoms with Crippen LogP contribution < -0.4 is 10.1 Å². The van der Waals surface area contributed by atoms with Gasteiger partial charge in [0.2, 0.25) is 5.88 Å². The van der Waals surface area contributed by atoms with Crippen molar-refractivity contribution in [1.82, 2.24) is 14.6 Å². The predicted octanol–water partition coefficient (Wildman–Crippen LogP) is 3.25. The largest absolute Gasteiger partial charge is 0.480 e. The zero-order valence-corrected chi connectivity index (χ0v) is 13.3. The van der Waals surface area contributed by atoms with Gasteiger partial charge in [-0.2, -0.15) is 0 Å². The molecule has 0 radical (unpaired) electrons. The molecule has 1 amide bonds. The molecule has 0 saturated carbocycles. The van der Waals surface area contributed by atoms with Crippen LogP contribution in [0.2, 0.25) is 0 Å². The summed E-state index contributed by atoms with van der Waals surface area (Å²) in [5, 5.41) is 7.07. The summed E-state index contributed by atoms with van der Waals surface area (Å²) in [6, 6.07) is 14.3. The highest BCUT2D eigenvalue weighted by Crippen LogP contribution is 2.22. The number of nitrogens with zero attached hydrogens (tertiary/aromatic N) is 3. The molecule has 0 atom stereocenters. The van der Waals surface area contributed by atoms with E-state index >= 15 is 0 Å². The van der Waals surface area contributed by atoms with Crippen LogP contribution in [0.1, 0.15) is 10.6 Å². The Bertz CT molecular complexity index is 1020. The molecule has 1 aromatic carbocycles. The van der Waals surface area contributed by atoms with Gasteiger partial charge in [0.05, 0.1) is 25.3 Å². The predicted molar refractivity (Wildman–Crippen MR) is 91.6 cm³/mol. The fourth-order valence-electron chi connectivity index (χ4n) is 2.44. The highest BCUT2D eigenvalue weighted by Gasteiger charge is 2.10. The molecule has 0 bridgehead atoms. The molecule has 3 heterocycles. The SMILES string of the molecule is COc1ccc2nc(-c3ccc(NC(=O)c4ccco4)cc3)cn2n1. The Morgan fingerprint density at radius 2 is 2.00 bits per heavy atom. The van der Waals surface area contributed by atoms with Crippen LogP contribution in [0.15, 0.2) is 65.4 Å². The maximum atomic E-state index is 12.0. The lowest BCUT2D eigenvalue weighted by Gasteiger charge is -2.04. The molecule has 1 N–H and O–H groups in total. The highest BCUT2D eigenvalue weighted by atomic mass is 16.5. The number of fused-ring (bicyclic) bond motifs is 1. The van der Waals surface area contributed by atoms with Crippen molar-refractivity contribution in [3.8, 4) is 17.1 Å². The van der Waals surface area contributed by atoms with E-state index in [1.165, 1.54) is 6.26 Å². The van der Waals surface area contributed by atoms with Crippen LogP contribution in [0.3, 0.4) is 0 Å². The highest BCUT2D eigenvalue weighted by molar-refractivity contribution is 6.02. The molecule has 3 aromatic heterocycles. The van der Waals surface area contributed by atoms with Crippen molar-refractivity contribution in [3.05, 3.63) is 66.8 Å². The van der Waals surface area contributed by atoms with Gasteiger partial charge >= 0.3 is 0 Å². The van der Waals surface area contributed by atoms with E-state index < -0.39 is 0 Å². The Morgan fingerprint density at radius 3 is 2.72 bits per heavy atom. The molecule has 0 spiro atoms. The second-order valence-corrected chi connectivity index (χ2v) is 5.31. The minimum Gasteiger partial charge on any atom is -0.480 e. The molecule has 0 aliphatic heterocycles. The first kappa shape index (κ1) is 14.9. The molecule has 0 aliphatic carbocycles. The maximum absolute atomic E-state index is 12.0. The number of methoxy groups -OCH3 is 1. The summed E-state index contributed by atoms with van der Waals surface area (Å²) in [6.45, 7) is 0.